The van der Waals surface area contributed by atoms with Gasteiger partial charge in [-0.2, -0.15) is 5.10 Å². The van der Waals surface area contributed by atoms with E-state index in [9.17, 15) is 4.79 Å². The molecule has 0 saturated carbocycles. The smallest absolute Gasteiger partial charge is 0.314 e. The number of nitrogens with one attached hydrogen (secondary N) is 2. The number of amides is 2. The average Bonchev–Trinajstić information content (AvgIpc) is 3.11. The fraction of sp³-hybridized carbons (Fsp3) is 0.565. The Labute approximate surface area is 185 Å². The number of piperazine rings is 1. The second-order valence-corrected chi connectivity index (χ2v) is 8.07. The molecule has 1 fully saturated rings. The standard InChI is InChI=1S/C23H36N6O2/c1-19-18-20(2)29(26-19)13-5-11-25-23(30)24-10-4-12-27-14-16-28(17-15-27)21-6-8-22(31-3)9-7-21/h6-9,18H,4-5,10-17H2,1-3H3,(H2,24,25,30). The van der Waals surface area contributed by atoms with Crippen LogP contribution >= 0.6 is 0 Å². The first-order chi connectivity index (χ1) is 15.0. The summed E-state index contributed by atoms with van der Waals surface area (Å²) < 4.78 is 7.22. The van der Waals surface area contributed by atoms with Crippen molar-refractivity contribution in [2.24, 2.45) is 0 Å². The van der Waals surface area contributed by atoms with Crippen LogP contribution in [0, 0.1) is 13.8 Å². The van der Waals surface area contributed by atoms with Crippen molar-refractivity contribution in [1.29, 1.82) is 0 Å². The third kappa shape index (κ3) is 7.17. The molecule has 31 heavy (non-hydrogen) atoms. The maximum Gasteiger partial charge on any atom is 0.314 e. The van der Waals surface area contributed by atoms with Crippen LogP contribution < -0.4 is 20.3 Å². The molecule has 0 unspecified atom stereocenters. The van der Waals surface area contributed by atoms with E-state index in [0.29, 0.717) is 13.1 Å². The Morgan fingerprint density at radius 1 is 1.00 bits per heavy atom. The Balaban J connectivity index is 1.22. The van der Waals surface area contributed by atoms with E-state index in [1.165, 1.54) is 5.69 Å². The minimum atomic E-state index is -0.0855. The fourth-order valence-electron chi connectivity index (χ4n) is 3.92. The van der Waals surface area contributed by atoms with Gasteiger partial charge in [-0.25, -0.2) is 4.79 Å². The van der Waals surface area contributed by atoms with Crippen LogP contribution in [0.15, 0.2) is 30.3 Å². The normalized spacial score (nSPS) is 14.5. The van der Waals surface area contributed by atoms with Crippen molar-refractivity contribution in [2.75, 3.05) is 57.8 Å². The van der Waals surface area contributed by atoms with E-state index >= 15 is 0 Å². The van der Waals surface area contributed by atoms with Crippen molar-refractivity contribution in [2.45, 2.75) is 33.2 Å². The minimum absolute atomic E-state index is 0.0855. The molecule has 0 radical (unpaired) electrons. The van der Waals surface area contributed by atoms with Gasteiger partial charge in [-0.3, -0.25) is 9.58 Å². The number of carbonyl (C=O) groups is 1. The van der Waals surface area contributed by atoms with Crippen molar-refractivity contribution in [3.8, 4) is 5.75 Å². The second kappa shape index (κ2) is 11.6. The zero-order valence-corrected chi connectivity index (χ0v) is 19.1. The van der Waals surface area contributed by atoms with E-state index in [0.717, 1.165) is 69.2 Å². The number of nitrogens with zero attached hydrogens (tertiary/aromatic N) is 4. The molecule has 3 rings (SSSR count). The van der Waals surface area contributed by atoms with Crippen LogP contribution in [0.25, 0.3) is 0 Å². The van der Waals surface area contributed by atoms with Gasteiger partial charge in [0.1, 0.15) is 5.75 Å². The number of benzene rings is 1. The van der Waals surface area contributed by atoms with Gasteiger partial charge >= 0.3 is 6.03 Å². The predicted molar refractivity (Wildman–Crippen MR) is 124 cm³/mol. The molecule has 0 bridgehead atoms. The SMILES string of the molecule is COc1ccc(N2CCN(CCCNC(=O)NCCCn3nc(C)cc3C)CC2)cc1. The van der Waals surface area contributed by atoms with Crippen molar-refractivity contribution in [1.82, 2.24) is 25.3 Å². The van der Waals surface area contributed by atoms with Crippen LogP contribution in [-0.4, -0.2) is 73.6 Å². The summed E-state index contributed by atoms with van der Waals surface area (Å²) >= 11 is 0. The van der Waals surface area contributed by atoms with Crippen LogP contribution in [0.1, 0.15) is 24.2 Å². The first kappa shape index (κ1) is 22.9. The largest absolute Gasteiger partial charge is 0.497 e. The molecule has 0 atom stereocenters. The van der Waals surface area contributed by atoms with Gasteiger partial charge in [-0.15, -0.1) is 0 Å². The highest BCUT2D eigenvalue weighted by molar-refractivity contribution is 5.73. The van der Waals surface area contributed by atoms with Crippen LogP contribution in [0.4, 0.5) is 10.5 Å². The zero-order chi connectivity index (χ0) is 22.1. The van der Waals surface area contributed by atoms with Gasteiger partial charge < -0.3 is 20.3 Å². The van der Waals surface area contributed by atoms with Crippen molar-refractivity contribution >= 4 is 11.7 Å². The lowest BCUT2D eigenvalue weighted by Gasteiger charge is -2.36. The maximum atomic E-state index is 11.9. The van der Waals surface area contributed by atoms with E-state index in [2.05, 4.69) is 50.7 Å². The molecule has 1 aromatic heterocycles. The maximum absolute atomic E-state index is 11.9. The fourth-order valence-corrected chi connectivity index (χ4v) is 3.92. The number of carbonyl (C=O) groups excluding carboxylic acids is 1. The number of anilines is 1. The molecule has 1 aromatic carbocycles. The Kier molecular flexibility index (Phi) is 8.58. The Bertz CT molecular complexity index is 812. The highest BCUT2D eigenvalue weighted by Gasteiger charge is 2.16. The van der Waals surface area contributed by atoms with Crippen LogP contribution in [-0.2, 0) is 6.54 Å². The van der Waals surface area contributed by atoms with Gasteiger partial charge in [-0.1, -0.05) is 0 Å². The first-order valence-electron chi connectivity index (χ1n) is 11.2. The Morgan fingerprint density at radius 3 is 2.23 bits per heavy atom. The number of ether oxygens (including phenoxy) is 1. The molecule has 2 N–H and O–H groups in total. The lowest BCUT2D eigenvalue weighted by molar-refractivity contribution is 0.235. The summed E-state index contributed by atoms with van der Waals surface area (Å²) in [5, 5.41) is 10.3. The van der Waals surface area contributed by atoms with E-state index in [1.807, 2.05) is 23.7 Å². The molecule has 1 aliphatic rings. The second-order valence-electron chi connectivity index (χ2n) is 8.07. The summed E-state index contributed by atoms with van der Waals surface area (Å²) in [6.45, 7) is 11.4. The number of rotatable bonds is 10. The number of aromatic nitrogens is 2. The molecule has 2 aromatic rings. The Morgan fingerprint density at radius 2 is 1.65 bits per heavy atom. The quantitative estimate of drug-likeness (QED) is 0.569. The van der Waals surface area contributed by atoms with Gasteiger partial charge in [0, 0.05) is 57.2 Å². The highest BCUT2D eigenvalue weighted by atomic mass is 16.5. The molecule has 170 valence electrons. The third-order valence-electron chi connectivity index (χ3n) is 5.68. The van der Waals surface area contributed by atoms with Gasteiger partial charge in [0.15, 0.2) is 0 Å². The number of aryl methyl sites for hydroxylation is 3. The van der Waals surface area contributed by atoms with Gasteiger partial charge in [0.25, 0.3) is 0 Å². The minimum Gasteiger partial charge on any atom is -0.497 e. The van der Waals surface area contributed by atoms with Crippen molar-refractivity contribution < 1.29 is 9.53 Å². The molecular formula is C23H36N6O2. The molecule has 2 heterocycles. The van der Waals surface area contributed by atoms with E-state index in [-0.39, 0.29) is 6.03 Å². The summed E-state index contributed by atoms with van der Waals surface area (Å²) in [4.78, 5) is 16.8. The van der Waals surface area contributed by atoms with Gasteiger partial charge in [-0.05, 0) is 63.6 Å². The van der Waals surface area contributed by atoms with Gasteiger partial charge in [0.05, 0.1) is 12.8 Å². The number of hydrogen-bond acceptors (Lipinski definition) is 5. The topological polar surface area (TPSA) is 74.7 Å². The van der Waals surface area contributed by atoms with Crippen molar-refractivity contribution in [3.63, 3.8) is 0 Å². The summed E-state index contributed by atoms with van der Waals surface area (Å²) in [5.41, 5.74) is 3.44. The first-order valence-corrected chi connectivity index (χ1v) is 11.2. The van der Waals surface area contributed by atoms with E-state index < -0.39 is 0 Å². The van der Waals surface area contributed by atoms with Gasteiger partial charge in [0.2, 0.25) is 0 Å². The monoisotopic (exact) mass is 428 g/mol. The Hall–Kier alpha value is -2.74. The zero-order valence-electron chi connectivity index (χ0n) is 19.1. The molecule has 2 amide bonds. The molecular weight excluding hydrogens is 392 g/mol. The number of urea groups is 1. The summed E-state index contributed by atoms with van der Waals surface area (Å²) in [6, 6.07) is 10.2. The van der Waals surface area contributed by atoms with Crippen molar-refractivity contribution in [3.05, 3.63) is 41.7 Å². The van der Waals surface area contributed by atoms with E-state index in [1.54, 1.807) is 7.11 Å². The number of methoxy groups -OCH3 is 1. The van der Waals surface area contributed by atoms with Crippen LogP contribution in [0.3, 0.4) is 0 Å². The predicted octanol–water partition coefficient (Wildman–Crippen LogP) is 2.41. The summed E-state index contributed by atoms with van der Waals surface area (Å²) in [6.07, 6.45) is 1.83. The molecule has 1 aliphatic heterocycles. The van der Waals surface area contributed by atoms with E-state index in [4.69, 9.17) is 4.74 Å². The molecule has 8 nitrogen and oxygen atoms in total. The molecule has 8 heteroatoms. The highest BCUT2D eigenvalue weighted by Crippen LogP contribution is 2.20. The average molecular weight is 429 g/mol. The lowest BCUT2D eigenvalue weighted by Crippen LogP contribution is -2.47. The van der Waals surface area contributed by atoms with Crippen LogP contribution in [0.5, 0.6) is 5.75 Å². The summed E-state index contributed by atoms with van der Waals surface area (Å²) in [7, 11) is 1.69. The summed E-state index contributed by atoms with van der Waals surface area (Å²) in [5.74, 6) is 0.891. The molecule has 0 spiro atoms. The number of hydrogen-bond donors (Lipinski definition) is 2. The van der Waals surface area contributed by atoms with Crippen LogP contribution in [0.2, 0.25) is 0 Å². The molecule has 0 aliphatic carbocycles. The third-order valence-corrected chi connectivity index (χ3v) is 5.68. The molecule has 1 saturated heterocycles. The lowest BCUT2D eigenvalue weighted by atomic mass is 10.2.